The Morgan fingerprint density at radius 3 is 2.41 bits per heavy atom. The summed E-state index contributed by atoms with van der Waals surface area (Å²) in [5.74, 6) is -0.666. The fourth-order valence-electron chi connectivity index (χ4n) is 5.59. The van der Waals surface area contributed by atoms with Crippen molar-refractivity contribution in [2.24, 2.45) is 5.41 Å². The van der Waals surface area contributed by atoms with E-state index in [1.807, 2.05) is 90.3 Å². The molecule has 6 rings (SSSR count). The predicted octanol–water partition coefficient (Wildman–Crippen LogP) is 6.19. The minimum atomic E-state index is -1.41. The molecular weight excluding hydrogens is 438 g/mol. The Bertz CT molecular complexity index is 1510. The number of rotatable bonds is 3. The summed E-state index contributed by atoms with van der Waals surface area (Å²) in [6, 6.07) is 28.8. The number of nitriles is 2. The second kappa shape index (κ2) is 7.70. The lowest BCUT2D eigenvalue weighted by atomic mass is 9.71. The Morgan fingerprint density at radius 1 is 0.912 bits per heavy atom. The number of fused-ring (bicyclic) bond motifs is 5. The minimum Gasteiger partial charge on any atom is -0.350 e. The molecule has 3 atom stereocenters. The van der Waals surface area contributed by atoms with Crippen molar-refractivity contribution in [2.45, 2.75) is 18.0 Å². The fraction of sp³-hybridized carbons (Fsp3) is 0.138. The lowest BCUT2D eigenvalue weighted by Gasteiger charge is -2.36. The third-order valence-electron chi connectivity index (χ3n) is 7.07. The molecule has 4 nitrogen and oxygen atoms in total. The van der Waals surface area contributed by atoms with Gasteiger partial charge in [-0.15, -0.1) is 11.3 Å². The van der Waals surface area contributed by atoms with E-state index in [9.17, 15) is 15.3 Å². The molecule has 0 bridgehead atoms. The van der Waals surface area contributed by atoms with Gasteiger partial charge in [0.2, 0.25) is 0 Å². The molecule has 0 radical (unpaired) electrons. The van der Waals surface area contributed by atoms with Crippen molar-refractivity contribution in [3.05, 3.63) is 106 Å². The predicted molar refractivity (Wildman–Crippen MR) is 135 cm³/mol. The van der Waals surface area contributed by atoms with E-state index in [-0.39, 0.29) is 5.78 Å². The average molecular weight is 458 g/mol. The molecule has 162 valence electrons. The van der Waals surface area contributed by atoms with E-state index in [4.69, 9.17) is 0 Å². The van der Waals surface area contributed by atoms with Crippen LogP contribution in [0.4, 0.5) is 5.69 Å². The molecule has 0 amide bonds. The molecule has 1 fully saturated rings. The van der Waals surface area contributed by atoms with E-state index in [2.05, 4.69) is 23.1 Å². The number of thiophene rings is 1. The van der Waals surface area contributed by atoms with Gasteiger partial charge in [0.15, 0.2) is 11.2 Å². The third kappa shape index (κ3) is 2.71. The van der Waals surface area contributed by atoms with Crippen LogP contribution in [0.3, 0.4) is 0 Å². The van der Waals surface area contributed by atoms with E-state index in [0.29, 0.717) is 5.56 Å². The van der Waals surface area contributed by atoms with Crippen LogP contribution in [-0.2, 0) is 0 Å². The van der Waals surface area contributed by atoms with Crippen molar-refractivity contribution in [1.82, 2.24) is 0 Å². The van der Waals surface area contributed by atoms with Crippen molar-refractivity contribution < 1.29 is 4.79 Å². The van der Waals surface area contributed by atoms with Crippen molar-refractivity contribution in [3.8, 4) is 12.1 Å². The first-order valence-corrected chi connectivity index (χ1v) is 12.0. The van der Waals surface area contributed by atoms with Gasteiger partial charge in [0.25, 0.3) is 0 Å². The summed E-state index contributed by atoms with van der Waals surface area (Å²) in [4.78, 5) is 17.1. The Balaban J connectivity index is 1.68. The molecule has 0 spiro atoms. The summed E-state index contributed by atoms with van der Waals surface area (Å²) in [7, 11) is 0. The molecule has 0 aliphatic carbocycles. The first kappa shape index (κ1) is 20.4. The fourth-order valence-corrected chi connectivity index (χ4v) is 6.53. The van der Waals surface area contributed by atoms with Crippen LogP contribution in [0.15, 0.2) is 90.3 Å². The monoisotopic (exact) mass is 457 g/mol. The number of benzene rings is 3. The molecule has 2 aliphatic rings. The standard InChI is InChI=1S/C29H19N3OS/c30-17-29(18-31)24-15-14-20-13-12-19-7-4-5-10-22(19)26(20)32(24)27(25(29)23-11-6-16-34-23)28(33)21-8-2-1-3-9-21/h1-16,24-25,27H/t24-,25-,27+/m1/s1. The first-order valence-electron chi connectivity index (χ1n) is 11.1. The van der Waals surface area contributed by atoms with E-state index in [1.54, 1.807) is 0 Å². The summed E-state index contributed by atoms with van der Waals surface area (Å²) in [6.07, 6.45) is 3.93. The maximum atomic E-state index is 14.2. The van der Waals surface area contributed by atoms with Crippen molar-refractivity contribution in [3.63, 3.8) is 0 Å². The molecule has 3 aromatic carbocycles. The van der Waals surface area contributed by atoms with Gasteiger partial charge < -0.3 is 4.90 Å². The van der Waals surface area contributed by atoms with Gasteiger partial charge in [-0.05, 0) is 22.4 Å². The quantitative estimate of drug-likeness (QED) is 0.344. The summed E-state index contributed by atoms with van der Waals surface area (Å²) in [6.45, 7) is 0. The molecule has 2 aliphatic heterocycles. The number of anilines is 1. The normalized spacial score (nSPS) is 21.9. The highest BCUT2D eigenvalue weighted by Gasteiger charge is 2.63. The Labute approximate surface area is 201 Å². The molecule has 34 heavy (non-hydrogen) atoms. The molecule has 3 heterocycles. The number of Topliss-reactive ketones (excluding diaryl/α,β-unsaturated/α-hetero) is 1. The van der Waals surface area contributed by atoms with Gasteiger partial charge in [-0.3, -0.25) is 4.79 Å². The lowest BCUT2D eigenvalue weighted by molar-refractivity contribution is 0.0951. The van der Waals surface area contributed by atoms with Gasteiger partial charge in [-0.2, -0.15) is 10.5 Å². The molecule has 1 aromatic heterocycles. The Kier molecular flexibility index (Phi) is 4.62. The molecule has 4 aromatic rings. The molecule has 5 heteroatoms. The van der Waals surface area contributed by atoms with Gasteiger partial charge in [0, 0.05) is 15.8 Å². The van der Waals surface area contributed by atoms with Gasteiger partial charge in [0.05, 0.1) is 29.8 Å². The zero-order chi connectivity index (χ0) is 23.3. The lowest BCUT2D eigenvalue weighted by Crippen LogP contribution is -2.44. The summed E-state index contributed by atoms with van der Waals surface area (Å²) < 4.78 is 0. The maximum Gasteiger partial charge on any atom is 0.185 e. The van der Waals surface area contributed by atoms with Crippen molar-refractivity contribution >= 4 is 39.7 Å². The number of hydrogen-bond acceptors (Lipinski definition) is 5. The van der Waals surface area contributed by atoms with Crippen LogP contribution < -0.4 is 4.90 Å². The Hall–Kier alpha value is -4.19. The number of carbonyl (C=O) groups is 1. The SMILES string of the molecule is N#CC1(C#N)[C@H](c2cccs2)[C@@H](C(=O)c2ccccc2)N2c3c(ccc4ccccc34)C=C[C@@H]21. The highest BCUT2D eigenvalue weighted by atomic mass is 32.1. The topological polar surface area (TPSA) is 67.9 Å². The molecule has 1 saturated heterocycles. The van der Waals surface area contributed by atoms with Crippen LogP contribution in [0.2, 0.25) is 0 Å². The van der Waals surface area contributed by atoms with Gasteiger partial charge >= 0.3 is 0 Å². The van der Waals surface area contributed by atoms with Crippen molar-refractivity contribution in [2.75, 3.05) is 4.90 Å². The highest BCUT2D eigenvalue weighted by Crippen LogP contribution is 2.57. The van der Waals surface area contributed by atoms with E-state index < -0.39 is 23.4 Å². The number of carbonyl (C=O) groups excluding carboxylic acids is 1. The first-order chi connectivity index (χ1) is 16.7. The van der Waals surface area contributed by atoms with E-state index in [1.165, 1.54) is 11.3 Å². The molecule has 0 N–H and O–H groups in total. The summed E-state index contributed by atoms with van der Waals surface area (Å²) in [5.41, 5.74) is 1.06. The van der Waals surface area contributed by atoms with Crippen LogP contribution >= 0.6 is 11.3 Å². The van der Waals surface area contributed by atoms with Gasteiger partial charge in [0.1, 0.15) is 6.04 Å². The van der Waals surface area contributed by atoms with Crippen LogP contribution in [-0.4, -0.2) is 17.9 Å². The largest absolute Gasteiger partial charge is 0.350 e. The van der Waals surface area contributed by atoms with Crippen LogP contribution in [0.25, 0.3) is 16.8 Å². The highest BCUT2D eigenvalue weighted by molar-refractivity contribution is 7.10. The number of hydrogen-bond donors (Lipinski definition) is 0. The van der Waals surface area contributed by atoms with E-state index in [0.717, 1.165) is 26.9 Å². The van der Waals surface area contributed by atoms with Gasteiger partial charge in [-0.1, -0.05) is 84.9 Å². The third-order valence-corrected chi connectivity index (χ3v) is 8.02. The van der Waals surface area contributed by atoms with Crippen molar-refractivity contribution in [1.29, 1.82) is 10.5 Å². The Morgan fingerprint density at radius 2 is 1.68 bits per heavy atom. The minimum absolute atomic E-state index is 0.0782. The smallest absolute Gasteiger partial charge is 0.185 e. The summed E-state index contributed by atoms with van der Waals surface area (Å²) >= 11 is 1.49. The molecule has 0 saturated carbocycles. The second-order valence-corrected chi connectivity index (χ2v) is 9.68. The molecular formula is C29H19N3OS. The average Bonchev–Trinajstić information content (AvgIpc) is 3.53. The number of ketones is 1. The zero-order valence-corrected chi connectivity index (χ0v) is 18.9. The van der Waals surface area contributed by atoms with E-state index >= 15 is 0 Å². The maximum absolute atomic E-state index is 14.2. The van der Waals surface area contributed by atoms with Crippen LogP contribution in [0.1, 0.15) is 26.7 Å². The van der Waals surface area contributed by atoms with Gasteiger partial charge in [-0.25, -0.2) is 0 Å². The number of nitrogens with zero attached hydrogens (tertiary/aromatic N) is 3. The van der Waals surface area contributed by atoms with Crippen LogP contribution in [0.5, 0.6) is 0 Å². The molecule has 0 unspecified atom stereocenters. The second-order valence-electron chi connectivity index (χ2n) is 8.70. The van der Waals surface area contributed by atoms with Crippen LogP contribution in [0, 0.1) is 28.1 Å². The zero-order valence-electron chi connectivity index (χ0n) is 18.1. The summed E-state index contributed by atoms with van der Waals surface area (Å²) in [5, 5.41) is 25.0.